The number of anilines is 2. The highest BCUT2D eigenvalue weighted by Gasteiger charge is 2.32. The standard InChI is InChI=1S/C14H15F3N4/c1-2-19-12-8-18-9-13(21-12)20-7-10-5-3-4-6-11(10)14(15,16)17/h3-6,8-9H,2,7H2,1H3,(H2,19,20,21). The van der Waals surface area contributed by atoms with E-state index in [0.29, 0.717) is 18.2 Å². The Labute approximate surface area is 120 Å². The summed E-state index contributed by atoms with van der Waals surface area (Å²) in [6.45, 7) is 2.64. The molecule has 0 bridgehead atoms. The molecule has 2 aromatic rings. The van der Waals surface area contributed by atoms with E-state index < -0.39 is 11.7 Å². The van der Waals surface area contributed by atoms with Gasteiger partial charge in [0, 0.05) is 13.1 Å². The van der Waals surface area contributed by atoms with E-state index in [1.807, 2.05) is 6.92 Å². The summed E-state index contributed by atoms with van der Waals surface area (Å²) in [4.78, 5) is 8.18. The zero-order chi connectivity index (χ0) is 15.3. The number of aromatic nitrogens is 2. The average molecular weight is 296 g/mol. The Bertz CT molecular complexity index is 599. The van der Waals surface area contributed by atoms with Gasteiger partial charge in [-0.2, -0.15) is 13.2 Å². The molecule has 0 saturated heterocycles. The molecule has 21 heavy (non-hydrogen) atoms. The average Bonchev–Trinajstić information content (AvgIpc) is 2.45. The van der Waals surface area contributed by atoms with Gasteiger partial charge in [0.05, 0.1) is 18.0 Å². The van der Waals surface area contributed by atoms with Crippen LogP contribution in [-0.2, 0) is 12.7 Å². The smallest absolute Gasteiger partial charge is 0.369 e. The number of rotatable bonds is 5. The van der Waals surface area contributed by atoms with E-state index in [4.69, 9.17) is 0 Å². The van der Waals surface area contributed by atoms with E-state index in [9.17, 15) is 13.2 Å². The van der Waals surface area contributed by atoms with Crippen LogP contribution in [0, 0.1) is 0 Å². The number of hydrogen-bond acceptors (Lipinski definition) is 4. The maximum atomic E-state index is 12.9. The maximum absolute atomic E-state index is 12.9. The normalized spacial score (nSPS) is 11.2. The lowest BCUT2D eigenvalue weighted by atomic mass is 10.1. The van der Waals surface area contributed by atoms with Crippen molar-refractivity contribution in [2.24, 2.45) is 0 Å². The summed E-state index contributed by atoms with van der Waals surface area (Å²) < 4.78 is 38.6. The lowest BCUT2D eigenvalue weighted by Crippen LogP contribution is -2.12. The summed E-state index contributed by atoms with van der Waals surface area (Å²) in [6.07, 6.45) is -1.34. The zero-order valence-electron chi connectivity index (χ0n) is 11.4. The Morgan fingerprint density at radius 1 is 1.05 bits per heavy atom. The second-order valence-electron chi connectivity index (χ2n) is 4.33. The first-order valence-corrected chi connectivity index (χ1v) is 6.45. The van der Waals surface area contributed by atoms with Gasteiger partial charge in [0.1, 0.15) is 11.6 Å². The van der Waals surface area contributed by atoms with Crippen molar-refractivity contribution in [3.63, 3.8) is 0 Å². The van der Waals surface area contributed by atoms with Crippen LogP contribution in [0.1, 0.15) is 18.1 Å². The van der Waals surface area contributed by atoms with Crippen molar-refractivity contribution in [3.8, 4) is 0 Å². The molecule has 2 N–H and O–H groups in total. The SMILES string of the molecule is CCNc1cncc(NCc2ccccc2C(F)(F)F)n1. The molecule has 0 fully saturated rings. The van der Waals surface area contributed by atoms with Gasteiger partial charge < -0.3 is 10.6 Å². The van der Waals surface area contributed by atoms with Crippen LogP contribution in [0.25, 0.3) is 0 Å². The lowest BCUT2D eigenvalue weighted by molar-refractivity contribution is -0.138. The molecule has 1 aromatic carbocycles. The van der Waals surface area contributed by atoms with Crippen molar-refractivity contribution in [1.82, 2.24) is 9.97 Å². The van der Waals surface area contributed by atoms with Gasteiger partial charge in [0.25, 0.3) is 0 Å². The summed E-state index contributed by atoms with van der Waals surface area (Å²) in [6, 6.07) is 5.46. The Balaban J connectivity index is 2.12. The highest BCUT2D eigenvalue weighted by molar-refractivity contribution is 5.42. The van der Waals surface area contributed by atoms with Crippen LogP contribution in [0.4, 0.5) is 24.8 Å². The minimum atomic E-state index is -4.37. The van der Waals surface area contributed by atoms with E-state index in [1.165, 1.54) is 18.3 Å². The topological polar surface area (TPSA) is 49.8 Å². The molecule has 1 heterocycles. The van der Waals surface area contributed by atoms with Crippen molar-refractivity contribution in [2.45, 2.75) is 19.6 Å². The Hall–Kier alpha value is -2.31. The third-order valence-corrected chi connectivity index (χ3v) is 2.78. The van der Waals surface area contributed by atoms with Crippen molar-refractivity contribution in [2.75, 3.05) is 17.2 Å². The third-order valence-electron chi connectivity index (χ3n) is 2.78. The largest absolute Gasteiger partial charge is 0.416 e. The highest BCUT2D eigenvalue weighted by Crippen LogP contribution is 2.32. The minimum absolute atomic E-state index is 0.0277. The number of nitrogens with zero attached hydrogens (tertiary/aromatic N) is 2. The zero-order valence-corrected chi connectivity index (χ0v) is 11.4. The highest BCUT2D eigenvalue weighted by atomic mass is 19.4. The van der Waals surface area contributed by atoms with Crippen molar-refractivity contribution >= 4 is 11.6 Å². The number of hydrogen-bond donors (Lipinski definition) is 2. The summed E-state index contributed by atoms with van der Waals surface area (Å²) in [5.41, 5.74) is -0.478. The van der Waals surface area contributed by atoms with Crippen LogP contribution in [0.15, 0.2) is 36.7 Å². The first kappa shape index (κ1) is 15.1. The molecule has 0 amide bonds. The summed E-state index contributed by atoms with van der Waals surface area (Å²) in [7, 11) is 0. The van der Waals surface area contributed by atoms with Gasteiger partial charge in [0.15, 0.2) is 0 Å². The van der Waals surface area contributed by atoms with Crippen molar-refractivity contribution < 1.29 is 13.2 Å². The quantitative estimate of drug-likeness (QED) is 0.886. The number of benzene rings is 1. The molecule has 0 radical (unpaired) electrons. The molecule has 0 aliphatic rings. The third kappa shape index (κ3) is 4.08. The molecule has 0 unspecified atom stereocenters. The van der Waals surface area contributed by atoms with Crippen LogP contribution in [0.5, 0.6) is 0 Å². The van der Waals surface area contributed by atoms with Crippen LogP contribution in [-0.4, -0.2) is 16.5 Å². The summed E-state index contributed by atoms with van der Waals surface area (Å²) >= 11 is 0. The van der Waals surface area contributed by atoms with Gasteiger partial charge in [0.2, 0.25) is 0 Å². The predicted molar refractivity (Wildman–Crippen MR) is 75.0 cm³/mol. The monoisotopic (exact) mass is 296 g/mol. The van der Waals surface area contributed by atoms with Gasteiger partial charge in [-0.25, -0.2) is 4.98 Å². The van der Waals surface area contributed by atoms with E-state index in [2.05, 4.69) is 20.6 Å². The van der Waals surface area contributed by atoms with Gasteiger partial charge in [-0.1, -0.05) is 18.2 Å². The van der Waals surface area contributed by atoms with Crippen LogP contribution >= 0.6 is 0 Å². The molecule has 4 nitrogen and oxygen atoms in total. The molecular formula is C14H15F3N4. The molecule has 7 heteroatoms. The fourth-order valence-electron chi connectivity index (χ4n) is 1.85. The molecular weight excluding hydrogens is 281 g/mol. The Morgan fingerprint density at radius 2 is 1.71 bits per heavy atom. The number of alkyl halides is 3. The van der Waals surface area contributed by atoms with Crippen LogP contribution < -0.4 is 10.6 Å². The molecule has 112 valence electrons. The minimum Gasteiger partial charge on any atom is -0.369 e. The van der Waals surface area contributed by atoms with Crippen molar-refractivity contribution in [1.29, 1.82) is 0 Å². The van der Waals surface area contributed by atoms with E-state index in [0.717, 1.165) is 6.07 Å². The summed E-state index contributed by atoms with van der Waals surface area (Å²) in [5.74, 6) is 0.997. The first-order chi connectivity index (χ1) is 10.0. The maximum Gasteiger partial charge on any atom is 0.416 e. The van der Waals surface area contributed by atoms with Gasteiger partial charge >= 0.3 is 6.18 Å². The second-order valence-corrected chi connectivity index (χ2v) is 4.33. The van der Waals surface area contributed by atoms with Crippen molar-refractivity contribution in [3.05, 3.63) is 47.8 Å². The van der Waals surface area contributed by atoms with E-state index in [1.54, 1.807) is 12.3 Å². The lowest BCUT2D eigenvalue weighted by Gasteiger charge is -2.13. The van der Waals surface area contributed by atoms with E-state index in [-0.39, 0.29) is 12.1 Å². The van der Waals surface area contributed by atoms with Crippen LogP contribution in [0.2, 0.25) is 0 Å². The first-order valence-electron chi connectivity index (χ1n) is 6.45. The van der Waals surface area contributed by atoms with Gasteiger partial charge in [-0.15, -0.1) is 0 Å². The second kappa shape index (κ2) is 6.43. The van der Waals surface area contributed by atoms with Gasteiger partial charge in [-0.3, -0.25) is 4.98 Å². The molecule has 0 spiro atoms. The fourth-order valence-corrected chi connectivity index (χ4v) is 1.85. The molecule has 1 aromatic heterocycles. The van der Waals surface area contributed by atoms with Gasteiger partial charge in [-0.05, 0) is 18.6 Å². The molecule has 0 saturated carbocycles. The molecule has 2 rings (SSSR count). The fraction of sp³-hybridized carbons (Fsp3) is 0.286. The van der Waals surface area contributed by atoms with Crippen LogP contribution in [0.3, 0.4) is 0 Å². The predicted octanol–water partition coefficient (Wildman–Crippen LogP) is 3.54. The number of nitrogens with one attached hydrogen (secondary N) is 2. The van der Waals surface area contributed by atoms with E-state index >= 15 is 0 Å². The molecule has 0 aliphatic heterocycles. The Morgan fingerprint density at radius 3 is 2.38 bits per heavy atom. The molecule has 0 atom stereocenters. The Kier molecular flexibility index (Phi) is 4.62. The summed E-state index contributed by atoms with van der Waals surface area (Å²) in [5, 5.41) is 5.85. The molecule has 0 aliphatic carbocycles. The number of halogens is 3.